The second-order valence-electron chi connectivity index (χ2n) is 7.22. The van der Waals surface area contributed by atoms with E-state index in [1.807, 2.05) is 7.05 Å². The van der Waals surface area contributed by atoms with Crippen molar-refractivity contribution in [1.29, 1.82) is 0 Å². The summed E-state index contributed by atoms with van der Waals surface area (Å²) >= 11 is 0. The molecule has 2 fully saturated rings. The fourth-order valence-electron chi connectivity index (χ4n) is 4.26. The zero-order chi connectivity index (χ0) is 16.5. The number of aryl methyl sites for hydroxylation is 1. The summed E-state index contributed by atoms with van der Waals surface area (Å²) in [6.45, 7) is 5.28. The summed E-state index contributed by atoms with van der Waals surface area (Å²) < 4.78 is 1.66. The molecule has 0 bridgehead atoms. The molecule has 0 atom stereocenters. The molecule has 0 aromatic carbocycles. The lowest BCUT2D eigenvalue weighted by Crippen LogP contribution is -2.39. The Hall–Kier alpha value is -1.73. The van der Waals surface area contributed by atoms with Gasteiger partial charge in [-0.1, -0.05) is 0 Å². The van der Waals surface area contributed by atoms with Crippen LogP contribution in [0.3, 0.4) is 0 Å². The molecular weight excluding hydrogens is 304 g/mol. The predicted octanol–water partition coefficient (Wildman–Crippen LogP) is 0.868. The molecule has 7 heteroatoms. The van der Waals surface area contributed by atoms with Crippen LogP contribution in [0.25, 0.3) is 11.0 Å². The average Bonchev–Trinajstić information content (AvgIpc) is 2.98. The first-order chi connectivity index (χ1) is 11.7. The topological polar surface area (TPSA) is 78.8 Å². The summed E-state index contributed by atoms with van der Waals surface area (Å²) in [4.78, 5) is 22.1. The Bertz CT molecular complexity index is 752. The highest BCUT2D eigenvalue weighted by Gasteiger charge is 2.27. The summed E-state index contributed by atoms with van der Waals surface area (Å²) in [7, 11) is 1.82. The molecule has 2 N–H and O–H groups in total. The van der Waals surface area contributed by atoms with Crippen molar-refractivity contribution in [2.24, 2.45) is 18.9 Å². The number of rotatable bonds is 3. The first-order valence-corrected chi connectivity index (χ1v) is 9.04. The smallest absolute Gasteiger partial charge is 0.262 e. The SMILES string of the molecule is Cn1ncc2c(=O)[nH]c(CN3CCC(C4CCNCC4)CC3)nc21. The number of nitrogens with zero attached hydrogens (tertiary/aromatic N) is 4. The number of fused-ring (bicyclic) bond motifs is 1. The molecule has 2 aromatic rings. The fraction of sp³-hybridized carbons (Fsp3) is 0.706. The van der Waals surface area contributed by atoms with E-state index in [2.05, 4.69) is 25.3 Å². The Morgan fingerprint density at radius 3 is 2.62 bits per heavy atom. The van der Waals surface area contributed by atoms with Crippen LogP contribution in [-0.2, 0) is 13.6 Å². The van der Waals surface area contributed by atoms with E-state index in [1.54, 1.807) is 10.9 Å². The Morgan fingerprint density at radius 1 is 1.17 bits per heavy atom. The molecule has 0 amide bonds. The number of likely N-dealkylation sites (tertiary alicyclic amines) is 1. The van der Waals surface area contributed by atoms with Gasteiger partial charge in [-0.2, -0.15) is 5.10 Å². The Balaban J connectivity index is 1.40. The van der Waals surface area contributed by atoms with Gasteiger partial charge in [-0.05, 0) is 63.7 Å². The number of aromatic amines is 1. The summed E-state index contributed by atoms with van der Waals surface area (Å²) in [6.07, 6.45) is 6.77. The van der Waals surface area contributed by atoms with Crippen LogP contribution < -0.4 is 10.9 Å². The molecule has 0 spiro atoms. The summed E-state index contributed by atoms with van der Waals surface area (Å²) in [5.74, 6) is 2.52. The van der Waals surface area contributed by atoms with Gasteiger partial charge in [0.1, 0.15) is 11.2 Å². The van der Waals surface area contributed by atoms with Gasteiger partial charge in [0.2, 0.25) is 0 Å². The largest absolute Gasteiger partial charge is 0.317 e. The minimum absolute atomic E-state index is 0.0901. The van der Waals surface area contributed by atoms with Gasteiger partial charge in [-0.25, -0.2) is 4.98 Å². The number of nitrogens with one attached hydrogen (secondary N) is 2. The Kier molecular flexibility index (Phi) is 4.37. The number of hydrogen-bond acceptors (Lipinski definition) is 5. The number of H-pyrrole nitrogens is 1. The van der Waals surface area contributed by atoms with E-state index < -0.39 is 0 Å². The Labute approximate surface area is 141 Å². The standard InChI is InChI=1S/C17H26N6O/c1-22-16-14(10-19-22)17(24)21-15(20-16)11-23-8-4-13(5-9-23)12-2-6-18-7-3-12/h10,12-13,18H,2-9,11H2,1H3,(H,20,21,24). The molecule has 0 unspecified atom stereocenters. The third kappa shape index (κ3) is 3.10. The average molecular weight is 330 g/mol. The van der Waals surface area contributed by atoms with Crippen molar-refractivity contribution in [2.75, 3.05) is 26.2 Å². The van der Waals surface area contributed by atoms with E-state index >= 15 is 0 Å². The first kappa shape index (κ1) is 15.8. The van der Waals surface area contributed by atoms with Crippen molar-refractivity contribution in [2.45, 2.75) is 32.2 Å². The van der Waals surface area contributed by atoms with Crippen molar-refractivity contribution < 1.29 is 0 Å². The molecule has 0 saturated carbocycles. The monoisotopic (exact) mass is 330 g/mol. The van der Waals surface area contributed by atoms with Gasteiger partial charge < -0.3 is 10.3 Å². The van der Waals surface area contributed by atoms with Crippen LogP contribution in [0.15, 0.2) is 11.0 Å². The van der Waals surface area contributed by atoms with Crippen LogP contribution in [0.2, 0.25) is 0 Å². The second kappa shape index (κ2) is 6.64. The molecule has 2 saturated heterocycles. The maximum atomic E-state index is 12.1. The van der Waals surface area contributed by atoms with Crippen LogP contribution in [0, 0.1) is 11.8 Å². The molecule has 4 heterocycles. The highest BCUT2D eigenvalue weighted by atomic mass is 16.1. The fourth-order valence-corrected chi connectivity index (χ4v) is 4.26. The highest BCUT2D eigenvalue weighted by Crippen LogP contribution is 2.31. The van der Waals surface area contributed by atoms with E-state index in [4.69, 9.17) is 0 Å². The normalized spacial score (nSPS) is 21.5. The van der Waals surface area contributed by atoms with E-state index in [9.17, 15) is 4.79 Å². The van der Waals surface area contributed by atoms with Crippen LogP contribution in [0.1, 0.15) is 31.5 Å². The van der Waals surface area contributed by atoms with Gasteiger partial charge in [0.05, 0.1) is 12.7 Å². The minimum atomic E-state index is -0.0901. The van der Waals surface area contributed by atoms with E-state index in [1.165, 1.54) is 38.8 Å². The number of hydrogen-bond donors (Lipinski definition) is 2. The molecule has 130 valence electrons. The second-order valence-corrected chi connectivity index (χ2v) is 7.22. The van der Waals surface area contributed by atoms with Gasteiger partial charge in [0.15, 0.2) is 5.65 Å². The highest BCUT2D eigenvalue weighted by molar-refractivity contribution is 5.72. The Morgan fingerprint density at radius 2 is 1.88 bits per heavy atom. The van der Waals surface area contributed by atoms with Crippen molar-refractivity contribution in [3.8, 4) is 0 Å². The van der Waals surface area contributed by atoms with Crippen molar-refractivity contribution in [1.82, 2.24) is 30.0 Å². The molecule has 7 nitrogen and oxygen atoms in total. The molecule has 2 aliphatic heterocycles. The lowest BCUT2D eigenvalue weighted by Gasteiger charge is -2.37. The molecule has 24 heavy (non-hydrogen) atoms. The summed E-state index contributed by atoms with van der Waals surface area (Å²) in [5.41, 5.74) is 0.575. The van der Waals surface area contributed by atoms with Crippen LogP contribution >= 0.6 is 0 Å². The number of piperidine rings is 2. The third-order valence-corrected chi connectivity index (χ3v) is 5.71. The van der Waals surface area contributed by atoms with Gasteiger partial charge >= 0.3 is 0 Å². The van der Waals surface area contributed by atoms with Crippen LogP contribution in [0.5, 0.6) is 0 Å². The molecular formula is C17H26N6O. The van der Waals surface area contributed by atoms with Crippen LogP contribution in [0.4, 0.5) is 0 Å². The molecule has 2 aliphatic rings. The zero-order valence-electron chi connectivity index (χ0n) is 14.3. The predicted molar refractivity (Wildman–Crippen MR) is 92.7 cm³/mol. The third-order valence-electron chi connectivity index (χ3n) is 5.71. The number of aromatic nitrogens is 4. The first-order valence-electron chi connectivity index (χ1n) is 9.04. The molecule has 0 aliphatic carbocycles. The van der Waals surface area contributed by atoms with Gasteiger partial charge in [0.25, 0.3) is 5.56 Å². The van der Waals surface area contributed by atoms with E-state index in [-0.39, 0.29) is 5.56 Å². The summed E-state index contributed by atoms with van der Waals surface area (Å²) in [5, 5.41) is 8.14. The molecule has 4 rings (SSSR count). The van der Waals surface area contributed by atoms with Crippen molar-refractivity contribution >= 4 is 11.0 Å². The van der Waals surface area contributed by atoms with Crippen molar-refractivity contribution in [3.05, 3.63) is 22.4 Å². The molecule has 2 aromatic heterocycles. The van der Waals surface area contributed by atoms with Gasteiger partial charge in [-0.15, -0.1) is 0 Å². The van der Waals surface area contributed by atoms with Gasteiger partial charge in [-0.3, -0.25) is 14.4 Å². The maximum Gasteiger partial charge on any atom is 0.262 e. The van der Waals surface area contributed by atoms with Gasteiger partial charge in [0, 0.05) is 7.05 Å². The minimum Gasteiger partial charge on any atom is -0.317 e. The lowest BCUT2D eigenvalue weighted by molar-refractivity contribution is 0.124. The zero-order valence-corrected chi connectivity index (χ0v) is 14.3. The lowest BCUT2D eigenvalue weighted by atomic mass is 9.79. The van der Waals surface area contributed by atoms with E-state index in [0.717, 1.165) is 37.3 Å². The molecule has 0 radical (unpaired) electrons. The summed E-state index contributed by atoms with van der Waals surface area (Å²) in [6, 6.07) is 0. The quantitative estimate of drug-likeness (QED) is 0.873. The van der Waals surface area contributed by atoms with Crippen LogP contribution in [-0.4, -0.2) is 50.8 Å². The van der Waals surface area contributed by atoms with E-state index in [0.29, 0.717) is 11.0 Å². The maximum absolute atomic E-state index is 12.1. The van der Waals surface area contributed by atoms with Crippen molar-refractivity contribution in [3.63, 3.8) is 0 Å².